The van der Waals surface area contributed by atoms with Crippen molar-refractivity contribution in [2.24, 2.45) is 10.7 Å². The van der Waals surface area contributed by atoms with Gasteiger partial charge in [-0.25, -0.2) is 23.7 Å². The zero-order valence-electron chi connectivity index (χ0n) is 22.3. The Bertz CT molecular complexity index is 1490. The van der Waals surface area contributed by atoms with Gasteiger partial charge in [0.15, 0.2) is 0 Å². The number of pyridine rings is 1. The van der Waals surface area contributed by atoms with Gasteiger partial charge < -0.3 is 15.8 Å². The molecule has 5 rings (SSSR count). The lowest BCUT2D eigenvalue weighted by Crippen LogP contribution is -2.41. The molecule has 3 N–H and O–H groups in total. The van der Waals surface area contributed by atoms with Crippen LogP contribution < -0.4 is 15.8 Å². The van der Waals surface area contributed by atoms with Crippen LogP contribution in [0.25, 0.3) is 22.6 Å². The van der Waals surface area contributed by atoms with Gasteiger partial charge in [-0.05, 0) is 17.2 Å². The Labute approximate surface area is 231 Å². The van der Waals surface area contributed by atoms with Gasteiger partial charge in [0.1, 0.15) is 30.1 Å². The van der Waals surface area contributed by atoms with Crippen LogP contribution in [0.1, 0.15) is 24.0 Å². The van der Waals surface area contributed by atoms with Crippen molar-refractivity contribution in [3.8, 4) is 17.1 Å². The summed E-state index contributed by atoms with van der Waals surface area (Å²) < 4.78 is 34.5. The minimum Gasteiger partial charge on any atom is -0.492 e. The third-order valence-corrected chi connectivity index (χ3v) is 6.89. The van der Waals surface area contributed by atoms with E-state index in [2.05, 4.69) is 25.3 Å². The summed E-state index contributed by atoms with van der Waals surface area (Å²) in [7, 11) is 1.71. The molecule has 0 bridgehead atoms. The topological polar surface area (TPSA) is 106 Å². The first-order chi connectivity index (χ1) is 19.4. The van der Waals surface area contributed by atoms with Gasteiger partial charge in [0.05, 0.1) is 17.6 Å². The molecule has 1 aromatic carbocycles. The molecule has 208 valence electrons. The fraction of sp³-hybridized carbons (Fsp3) is 0.310. The fourth-order valence-corrected chi connectivity index (χ4v) is 4.59. The number of aromatic nitrogens is 4. The zero-order valence-corrected chi connectivity index (χ0v) is 22.3. The van der Waals surface area contributed by atoms with Crippen LogP contribution in [0.15, 0.2) is 72.4 Å². The first-order valence-corrected chi connectivity index (χ1v) is 13.1. The molecular weight excluding hydrogens is 514 g/mol. The van der Waals surface area contributed by atoms with Crippen LogP contribution in [0.3, 0.4) is 0 Å². The Kier molecular flexibility index (Phi) is 8.30. The predicted molar refractivity (Wildman–Crippen MR) is 153 cm³/mol. The van der Waals surface area contributed by atoms with Crippen molar-refractivity contribution in [3.63, 3.8) is 0 Å². The van der Waals surface area contributed by atoms with Crippen molar-refractivity contribution < 1.29 is 13.5 Å². The van der Waals surface area contributed by atoms with Gasteiger partial charge in [-0.1, -0.05) is 24.3 Å². The molecule has 4 heterocycles. The van der Waals surface area contributed by atoms with E-state index in [0.717, 1.165) is 33.7 Å². The van der Waals surface area contributed by atoms with Gasteiger partial charge in [-0.15, -0.1) is 0 Å². The van der Waals surface area contributed by atoms with Crippen LogP contribution in [0.4, 0.5) is 14.6 Å². The minimum atomic E-state index is -2.54. The molecule has 0 unspecified atom stereocenters. The monoisotopic (exact) mass is 546 g/mol. The number of fused-ring (bicyclic) bond motifs is 1. The number of aliphatic imine (C=N–C) groups is 1. The zero-order chi connectivity index (χ0) is 28.0. The summed E-state index contributed by atoms with van der Waals surface area (Å²) in [5.41, 5.74) is 10.9. The lowest BCUT2D eigenvalue weighted by Gasteiger charge is -2.31. The number of benzene rings is 1. The van der Waals surface area contributed by atoms with Crippen molar-refractivity contribution in [2.45, 2.75) is 25.3 Å². The summed E-state index contributed by atoms with van der Waals surface area (Å²) in [4.78, 5) is 19.4. The summed E-state index contributed by atoms with van der Waals surface area (Å²) in [5, 5.41) is 3.35. The molecule has 0 spiro atoms. The summed E-state index contributed by atoms with van der Waals surface area (Å²) in [5.74, 6) is -1.16. The summed E-state index contributed by atoms with van der Waals surface area (Å²) in [6, 6.07) is 13.7. The first kappa shape index (κ1) is 27.2. The van der Waals surface area contributed by atoms with Gasteiger partial charge in [0.25, 0.3) is 5.92 Å². The average molecular weight is 547 g/mol. The Morgan fingerprint density at radius 1 is 1.12 bits per heavy atom. The van der Waals surface area contributed by atoms with Crippen LogP contribution in [-0.4, -0.2) is 69.7 Å². The normalized spacial score (nSPS) is 16.0. The predicted octanol–water partition coefficient (Wildman–Crippen LogP) is 4.51. The number of piperidine rings is 1. The number of rotatable bonds is 10. The summed E-state index contributed by atoms with van der Waals surface area (Å²) >= 11 is 0. The molecule has 0 saturated carbocycles. The third kappa shape index (κ3) is 6.60. The highest BCUT2D eigenvalue weighted by Crippen LogP contribution is 2.28. The molecule has 0 amide bonds. The summed E-state index contributed by atoms with van der Waals surface area (Å²) in [6.07, 6.45) is 8.27. The number of likely N-dealkylation sites (tertiary alicyclic amines) is 1. The molecule has 1 aliphatic heterocycles. The SMILES string of the molecule is CN=CC(=CN)c1ccc(CNc2cc(-c3cnc4cc(OCCN5CCC(F)(F)CC5)ccn34)ncn2)cc1. The van der Waals surface area contributed by atoms with Crippen LogP contribution >= 0.6 is 0 Å². The van der Waals surface area contributed by atoms with Crippen LogP contribution in [0.2, 0.25) is 0 Å². The molecule has 1 aliphatic rings. The van der Waals surface area contributed by atoms with E-state index in [-0.39, 0.29) is 12.8 Å². The minimum absolute atomic E-state index is 0.0910. The molecule has 40 heavy (non-hydrogen) atoms. The van der Waals surface area contributed by atoms with Gasteiger partial charge in [-0.3, -0.25) is 14.3 Å². The smallest absolute Gasteiger partial charge is 0.250 e. The molecule has 3 aromatic heterocycles. The third-order valence-electron chi connectivity index (χ3n) is 6.89. The molecule has 0 atom stereocenters. The Hall–Kier alpha value is -4.38. The maximum atomic E-state index is 13.3. The first-order valence-electron chi connectivity index (χ1n) is 13.1. The molecule has 0 radical (unpaired) electrons. The van der Waals surface area contributed by atoms with E-state index in [4.69, 9.17) is 10.5 Å². The largest absolute Gasteiger partial charge is 0.492 e. The number of alkyl halides is 2. The van der Waals surface area contributed by atoms with Crippen LogP contribution in [0.5, 0.6) is 5.75 Å². The molecule has 1 saturated heterocycles. The number of hydrogen-bond acceptors (Lipinski definition) is 8. The maximum Gasteiger partial charge on any atom is 0.250 e. The van der Waals surface area contributed by atoms with E-state index in [1.807, 2.05) is 58.0 Å². The van der Waals surface area contributed by atoms with E-state index < -0.39 is 5.92 Å². The maximum absolute atomic E-state index is 13.3. The highest BCUT2D eigenvalue weighted by molar-refractivity contribution is 6.09. The van der Waals surface area contributed by atoms with Crippen molar-refractivity contribution >= 4 is 23.3 Å². The summed E-state index contributed by atoms with van der Waals surface area (Å²) in [6.45, 7) is 2.41. The number of hydrogen-bond donors (Lipinski definition) is 2. The molecule has 1 fully saturated rings. The highest BCUT2D eigenvalue weighted by Gasteiger charge is 2.33. The van der Waals surface area contributed by atoms with Crippen molar-refractivity contribution in [2.75, 3.05) is 38.6 Å². The fourth-order valence-electron chi connectivity index (χ4n) is 4.59. The van der Waals surface area contributed by atoms with Gasteiger partial charge in [-0.2, -0.15) is 0 Å². The van der Waals surface area contributed by atoms with E-state index >= 15 is 0 Å². The molecule has 9 nitrogen and oxygen atoms in total. The molecular formula is C29H32F2N8O. The number of anilines is 1. The Morgan fingerprint density at radius 2 is 1.93 bits per heavy atom. The number of ether oxygens (including phenoxy) is 1. The highest BCUT2D eigenvalue weighted by atomic mass is 19.3. The number of allylic oxidation sites excluding steroid dienone is 1. The number of nitrogens with zero attached hydrogens (tertiary/aromatic N) is 6. The van der Waals surface area contributed by atoms with Crippen molar-refractivity contribution in [1.82, 2.24) is 24.3 Å². The van der Waals surface area contributed by atoms with E-state index in [1.165, 1.54) is 6.33 Å². The van der Waals surface area contributed by atoms with E-state index in [9.17, 15) is 8.78 Å². The number of imidazole rings is 1. The van der Waals surface area contributed by atoms with Gasteiger partial charge in [0, 0.05) is 82.4 Å². The second kappa shape index (κ2) is 12.2. The standard InChI is InChI=1S/C29H32F2N8O/c1-33-18-23(16-32)22-4-2-21(3-5-22)17-34-27-15-25(36-20-37-27)26-19-35-28-14-24(6-9-39(26)28)40-13-12-38-10-7-29(30,31)8-11-38/h2-6,9,14-16,18-20H,7-8,10-13,17,32H2,1H3,(H,34,36,37). The second-order valence-electron chi connectivity index (χ2n) is 9.63. The Balaban J connectivity index is 1.19. The quantitative estimate of drug-likeness (QED) is 0.282. The van der Waals surface area contributed by atoms with E-state index in [1.54, 1.807) is 25.7 Å². The van der Waals surface area contributed by atoms with Crippen molar-refractivity contribution in [3.05, 3.63) is 78.5 Å². The second-order valence-corrected chi connectivity index (χ2v) is 9.63. The van der Waals surface area contributed by atoms with E-state index in [0.29, 0.717) is 44.4 Å². The number of halogens is 2. The average Bonchev–Trinajstić information content (AvgIpc) is 3.40. The lowest BCUT2D eigenvalue weighted by atomic mass is 10.1. The molecule has 4 aromatic rings. The van der Waals surface area contributed by atoms with Crippen molar-refractivity contribution in [1.29, 1.82) is 0 Å². The number of nitrogens with one attached hydrogen (secondary N) is 1. The Morgan fingerprint density at radius 3 is 2.67 bits per heavy atom. The molecule has 11 heteroatoms. The van der Waals surface area contributed by atoms with Crippen LogP contribution in [0, 0.1) is 0 Å². The van der Waals surface area contributed by atoms with Gasteiger partial charge >= 0.3 is 0 Å². The lowest BCUT2D eigenvalue weighted by molar-refractivity contribution is -0.0564. The number of nitrogens with two attached hydrogens (primary N) is 1. The molecule has 0 aliphatic carbocycles. The van der Waals surface area contributed by atoms with Gasteiger partial charge in [0.2, 0.25) is 0 Å². The van der Waals surface area contributed by atoms with Crippen LogP contribution in [-0.2, 0) is 6.54 Å².